The van der Waals surface area contributed by atoms with Gasteiger partial charge in [-0.2, -0.15) is 5.26 Å². The molecule has 2 fully saturated rings. The van der Waals surface area contributed by atoms with Gasteiger partial charge in [-0.15, -0.1) is 6.42 Å². The minimum absolute atomic E-state index is 0.0335. The number of benzene rings is 1. The molecule has 220 valence electrons. The molecule has 4 rings (SSSR count). The molecule has 9 nitrogen and oxygen atoms in total. The molecule has 0 bridgehead atoms. The molecule has 42 heavy (non-hydrogen) atoms. The Bertz CT molecular complexity index is 1580. The number of piperazine rings is 1. The number of aryl methyl sites for hydroxylation is 2. The number of nitrogens with zero attached hydrogens (tertiary/aromatic N) is 5. The van der Waals surface area contributed by atoms with Crippen molar-refractivity contribution < 1.29 is 13.2 Å². The van der Waals surface area contributed by atoms with Crippen LogP contribution in [-0.4, -0.2) is 80.7 Å². The summed E-state index contributed by atoms with van der Waals surface area (Å²) in [5.41, 5.74) is 4.97. The van der Waals surface area contributed by atoms with Crippen molar-refractivity contribution >= 4 is 27.2 Å². The summed E-state index contributed by atoms with van der Waals surface area (Å²) in [6, 6.07) is 9.66. The van der Waals surface area contributed by atoms with Crippen LogP contribution in [0.1, 0.15) is 41.3 Å². The van der Waals surface area contributed by atoms with E-state index in [-0.39, 0.29) is 16.8 Å². The highest BCUT2D eigenvalue weighted by Crippen LogP contribution is 2.28. The summed E-state index contributed by atoms with van der Waals surface area (Å²) in [6.45, 7) is 9.31. The summed E-state index contributed by atoms with van der Waals surface area (Å²) < 4.78 is 24.5. The summed E-state index contributed by atoms with van der Waals surface area (Å²) in [5, 5.41) is 13.2. The highest BCUT2D eigenvalue weighted by Gasteiger charge is 2.28. The molecule has 10 heteroatoms. The molecular weight excluding hydrogens is 548 g/mol. The number of nitrogens with one attached hydrogen (secondary N) is 1. The van der Waals surface area contributed by atoms with Gasteiger partial charge in [0, 0.05) is 75.1 Å². The van der Waals surface area contributed by atoms with Crippen molar-refractivity contribution in [2.24, 2.45) is 0 Å². The molecule has 1 aromatic heterocycles. The van der Waals surface area contributed by atoms with Crippen LogP contribution in [-0.2, 0) is 9.84 Å². The first-order valence-corrected chi connectivity index (χ1v) is 16.0. The van der Waals surface area contributed by atoms with Crippen LogP contribution in [0, 0.1) is 37.5 Å². The Morgan fingerprint density at radius 1 is 1.10 bits per heavy atom. The number of likely N-dealkylation sites (tertiary alicyclic amines) is 1. The predicted octanol–water partition coefficient (Wildman–Crippen LogP) is 3.93. The Balaban J connectivity index is 1.42. The third-order valence-electron chi connectivity index (χ3n) is 7.92. The maximum Gasteiger partial charge on any atom is 0.254 e. The van der Waals surface area contributed by atoms with E-state index in [9.17, 15) is 18.5 Å². The summed E-state index contributed by atoms with van der Waals surface area (Å²) in [4.78, 5) is 24.1. The molecule has 0 spiro atoms. The van der Waals surface area contributed by atoms with E-state index in [4.69, 9.17) is 6.42 Å². The van der Waals surface area contributed by atoms with Crippen molar-refractivity contribution in [1.29, 1.82) is 5.26 Å². The Kier molecular flexibility index (Phi) is 9.59. The molecule has 0 saturated carbocycles. The van der Waals surface area contributed by atoms with Gasteiger partial charge >= 0.3 is 0 Å². The van der Waals surface area contributed by atoms with E-state index in [1.807, 2.05) is 42.7 Å². The second-order valence-corrected chi connectivity index (χ2v) is 12.8. The number of aromatic nitrogens is 1. The molecule has 1 amide bonds. The lowest BCUT2D eigenvalue weighted by Crippen LogP contribution is -2.49. The summed E-state index contributed by atoms with van der Waals surface area (Å²) >= 11 is 0. The Morgan fingerprint density at radius 3 is 2.38 bits per heavy atom. The van der Waals surface area contributed by atoms with E-state index < -0.39 is 9.84 Å². The van der Waals surface area contributed by atoms with Gasteiger partial charge in [0.05, 0.1) is 11.3 Å². The molecule has 2 saturated heterocycles. The van der Waals surface area contributed by atoms with Crippen LogP contribution in [0.4, 0.5) is 11.5 Å². The Morgan fingerprint density at radius 2 is 1.79 bits per heavy atom. The number of sulfone groups is 1. The van der Waals surface area contributed by atoms with Crippen molar-refractivity contribution in [2.75, 3.05) is 55.7 Å². The minimum Gasteiger partial charge on any atom is -0.382 e. The number of piperidine rings is 1. The molecule has 1 aromatic carbocycles. The van der Waals surface area contributed by atoms with E-state index >= 15 is 0 Å². The number of anilines is 2. The largest absolute Gasteiger partial charge is 0.382 e. The second kappa shape index (κ2) is 13.1. The molecule has 0 unspecified atom stereocenters. The van der Waals surface area contributed by atoms with Gasteiger partial charge in [0.2, 0.25) is 0 Å². The molecule has 1 N–H and O–H groups in total. The van der Waals surface area contributed by atoms with Crippen molar-refractivity contribution in [2.45, 2.75) is 44.6 Å². The molecular formula is C32H38N6O3S. The molecule has 2 aliphatic rings. The van der Waals surface area contributed by atoms with Crippen molar-refractivity contribution in [3.05, 3.63) is 70.6 Å². The third kappa shape index (κ3) is 6.78. The molecule has 0 radical (unpaired) electrons. The lowest BCUT2D eigenvalue weighted by atomic mass is 9.99. The number of nitriles is 1. The number of carbonyl (C=O) groups is 1. The lowest BCUT2D eigenvalue weighted by molar-refractivity contribution is 0.0745. The number of carbonyl (C=O) groups excluding carboxylic acids is 1. The predicted molar refractivity (Wildman–Crippen MR) is 166 cm³/mol. The smallest absolute Gasteiger partial charge is 0.254 e. The second-order valence-electron chi connectivity index (χ2n) is 10.8. The minimum atomic E-state index is -3.42. The fraction of sp³-hybridized carbons (Fsp3) is 0.406. The van der Waals surface area contributed by atoms with Gasteiger partial charge in [0.15, 0.2) is 9.84 Å². The van der Waals surface area contributed by atoms with Crippen LogP contribution < -0.4 is 10.2 Å². The fourth-order valence-electron chi connectivity index (χ4n) is 5.61. The van der Waals surface area contributed by atoms with Crippen LogP contribution in [0.15, 0.2) is 58.8 Å². The molecule has 0 aliphatic carbocycles. The first-order chi connectivity index (χ1) is 20.1. The highest BCUT2D eigenvalue weighted by molar-refractivity contribution is 7.90. The summed E-state index contributed by atoms with van der Waals surface area (Å²) in [7, 11) is -3.42. The van der Waals surface area contributed by atoms with Gasteiger partial charge in [-0.3, -0.25) is 4.79 Å². The van der Waals surface area contributed by atoms with Gasteiger partial charge in [-0.1, -0.05) is 18.1 Å². The average Bonchev–Trinajstić information content (AvgIpc) is 2.98. The highest BCUT2D eigenvalue weighted by atomic mass is 32.2. The van der Waals surface area contributed by atoms with E-state index in [2.05, 4.69) is 27.2 Å². The van der Waals surface area contributed by atoms with Crippen molar-refractivity contribution in [3.8, 4) is 18.4 Å². The molecule has 2 aromatic rings. The van der Waals surface area contributed by atoms with Gasteiger partial charge in [0.1, 0.15) is 16.8 Å². The number of pyridine rings is 1. The fourth-order valence-corrected chi connectivity index (χ4v) is 6.45. The first-order valence-electron chi connectivity index (χ1n) is 14.1. The van der Waals surface area contributed by atoms with Gasteiger partial charge in [-0.05, 0) is 62.9 Å². The van der Waals surface area contributed by atoms with E-state index in [0.29, 0.717) is 43.1 Å². The monoisotopic (exact) mass is 586 g/mol. The number of allylic oxidation sites excluding steroid dienone is 3. The van der Waals surface area contributed by atoms with Crippen LogP contribution in [0.2, 0.25) is 0 Å². The number of hydrogen-bond acceptors (Lipinski definition) is 8. The van der Waals surface area contributed by atoms with Crippen LogP contribution in [0.5, 0.6) is 0 Å². The van der Waals surface area contributed by atoms with Crippen LogP contribution in [0.25, 0.3) is 0 Å². The SMILES string of the molecule is C#C/C=C(\C(C#N)=C/C)N1CCC(Nc2cc(C(=O)N3CCN(c4ncccc4S(C)(=O)=O)CC3)c(C)cc2C)CC1. The Labute approximate surface area is 249 Å². The standard InChI is InChI=1S/C32H38N6O3S/c1-6-9-29(25(7-2)22-33)36-14-11-26(12-15-36)35-28-21-27(23(3)20-24(28)4)32(39)38-18-16-37(17-19-38)31-30(42(5,40)41)10-8-13-34-31/h1,7-10,13,20-21,26,35H,11-12,14-19H2,2-5H3/b25-7-,29-9+. The lowest BCUT2D eigenvalue weighted by Gasteiger charge is -2.37. The Hall–Kier alpha value is -4.28. The van der Waals surface area contributed by atoms with Crippen LogP contribution in [0.3, 0.4) is 0 Å². The topological polar surface area (TPSA) is 110 Å². The van der Waals surface area contributed by atoms with E-state index in [0.717, 1.165) is 48.4 Å². The zero-order chi connectivity index (χ0) is 30.4. The van der Waals surface area contributed by atoms with Gasteiger partial charge in [-0.25, -0.2) is 13.4 Å². The molecule has 3 heterocycles. The summed E-state index contributed by atoms with van der Waals surface area (Å²) in [6.07, 6.45) is 13.5. The van der Waals surface area contributed by atoms with Crippen LogP contribution >= 0.6 is 0 Å². The summed E-state index contributed by atoms with van der Waals surface area (Å²) in [5.74, 6) is 2.97. The van der Waals surface area contributed by atoms with E-state index in [1.54, 1.807) is 30.5 Å². The quantitative estimate of drug-likeness (QED) is 0.295. The van der Waals surface area contributed by atoms with Crippen molar-refractivity contribution in [3.63, 3.8) is 0 Å². The zero-order valence-electron chi connectivity index (χ0n) is 24.7. The first kappa shape index (κ1) is 30.7. The number of terminal acetylenes is 1. The van der Waals surface area contributed by atoms with E-state index in [1.165, 1.54) is 6.26 Å². The number of hydrogen-bond donors (Lipinski definition) is 1. The maximum atomic E-state index is 13.7. The van der Waals surface area contributed by atoms with Crippen molar-refractivity contribution in [1.82, 2.24) is 14.8 Å². The zero-order valence-corrected chi connectivity index (χ0v) is 25.5. The average molecular weight is 587 g/mol. The molecule has 0 atom stereocenters. The van der Waals surface area contributed by atoms with Gasteiger partial charge < -0.3 is 20.0 Å². The number of amides is 1. The normalized spacial score (nSPS) is 17.0. The molecule has 2 aliphatic heterocycles. The number of rotatable bonds is 7. The third-order valence-corrected chi connectivity index (χ3v) is 9.04. The maximum absolute atomic E-state index is 13.7. The van der Waals surface area contributed by atoms with Gasteiger partial charge in [0.25, 0.3) is 5.91 Å².